The molecule has 1 N–H and O–H groups in total. The molecule has 0 aromatic heterocycles. The summed E-state index contributed by atoms with van der Waals surface area (Å²) >= 11 is 0. The van der Waals surface area contributed by atoms with Gasteiger partial charge < -0.3 is 10.1 Å². The number of para-hydroxylation sites is 1. The number of hydrogen-bond donors (Lipinski definition) is 1. The van der Waals surface area contributed by atoms with Crippen LogP contribution in [0, 0.1) is 13.8 Å². The Kier molecular flexibility index (Phi) is 4.56. The number of rotatable bonds is 5. The quantitative estimate of drug-likeness (QED) is 0.867. The third-order valence-electron chi connectivity index (χ3n) is 3.00. The van der Waals surface area contributed by atoms with Gasteiger partial charge in [-0.2, -0.15) is 8.78 Å². The van der Waals surface area contributed by atoms with Crippen molar-refractivity contribution < 1.29 is 13.5 Å². The van der Waals surface area contributed by atoms with Crippen molar-refractivity contribution in [2.75, 3.05) is 5.32 Å². The van der Waals surface area contributed by atoms with E-state index in [0.29, 0.717) is 12.2 Å². The molecule has 0 saturated heterocycles. The maximum atomic E-state index is 12.4. The van der Waals surface area contributed by atoms with Crippen LogP contribution in [0.3, 0.4) is 0 Å². The lowest BCUT2D eigenvalue weighted by molar-refractivity contribution is -0.0493. The minimum absolute atomic E-state index is 0.174. The van der Waals surface area contributed by atoms with Gasteiger partial charge in [-0.15, -0.1) is 0 Å². The first-order valence-electron chi connectivity index (χ1n) is 6.40. The molecule has 0 atom stereocenters. The molecule has 0 radical (unpaired) electrons. The summed E-state index contributed by atoms with van der Waals surface area (Å²) in [6, 6.07) is 13.1. The van der Waals surface area contributed by atoms with Crippen LogP contribution in [0.1, 0.15) is 16.7 Å². The zero-order valence-electron chi connectivity index (χ0n) is 11.5. The number of ether oxygens (including phenoxy) is 1. The van der Waals surface area contributed by atoms with E-state index in [1.807, 2.05) is 38.1 Å². The van der Waals surface area contributed by atoms with Crippen LogP contribution in [0.25, 0.3) is 0 Å². The average Bonchev–Trinajstić information content (AvgIpc) is 2.37. The molecule has 0 aliphatic carbocycles. The van der Waals surface area contributed by atoms with Crippen LogP contribution in [0.4, 0.5) is 14.5 Å². The van der Waals surface area contributed by atoms with E-state index in [1.54, 1.807) is 6.07 Å². The third-order valence-corrected chi connectivity index (χ3v) is 3.00. The molecule has 20 heavy (non-hydrogen) atoms. The fourth-order valence-electron chi connectivity index (χ4n) is 2.07. The largest absolute Gasteiger partial charge is 0.433 e. The highest BCUT2D eigenvalue weighted by Crippen LogP contribution is 2.29. The lowest BCUT2D eigenvalue weighted by Gasteiger charge is -2.15. The van der Waals surface area contributed by atoms with Crippen molar-refractivity contribution in [2.24, 2.45) is 0 Å². The number of nitrogens with one attached hydrogen (secondary N) is 1. The van der Waals surface area contributed by atoms with Gasteiger partial charge in [-0.3, -0.25) is 0 Å². The maximum Gasteiger partial charge on any atom is 0.387 e. The number of alkyl halides is 2. The van der Waals surface area contributed by atoms with Gasteiger partial charge in [0.05, 0.1) is 5.69 Å². The van der Waals surface area contributed by atoms with E-state index >= 15 is 0 Å². The van der Waals surface area contributed by atoms with Crippen LogP contribution >= 0.6 is 0 Å². The van der Waals surface area contributed by atoms with Gasteiger partial charge in [0.25, 0.3) is 0 Å². The van der Waals surface area contributed by atoms with E-state index in [9.17, 15) is 8.78 Å². The van der Waals surface area contributed by atoms with Crippen LogP contribution in [0.5, 0.6) is 5.75 Å². The van der Waals surface area contributed by atoms with Gasteiger partial charge in [0.2, 0.25) is 0 Å². The summed E-state index contributed by atoms with van der Waals surface area (Å²) in [6.45, 7) is 1.61. The first-order valence-corrected chi connectivity index (χ1v) is 6.40. The second-order valence-electron chi connectivity index (χ2n) is 4.67. The molecule has 2 nitrogen and oxygen atoms in total. The summed E-state index contributed by atoms with van der Waals surface area (Å²) in [5.41, 5.74) is 3.74. The van der Waals surface area contributed by atoms with E-state index in [1.165, 1.54) is 6.07 Å². The van der Waals surface area contributed by atoms with Crippen LogP contribution in [0.2, 0.25) is 0 Å². The summed E-state index contributed by atoms with van der Waals surface area (Å²) in [4.78, 5) is 0. The molecule has 0 saturated carbocycles. The number of hydrogen-bond acceptors (Lipinski definition) is 2. The predicted octanol–water partition coefficient (Wildman–Crippen LogP) is 4.52. The first-order chi connectivity index (χ1) is 9.56. The van der Waals surface area contributed by atoms with Crippen LogP contribution < -0.4 is 10.1 Å². The van der Waals surface area contributed by atoms with Gasteiger partial charge >= 0.3 is 6.61 Å². The minimum atomic E-state index is -2.82. The Bertz CT molecular complexity index is 584. The molecule has 0 fully saturated rings. The summed E-state index contributed by atoms with van der Waals surface area (Å²) in [7, 11) is 0. The fourth-order valence-corrected chi connectivity index (χ4v) is 2.07. The molecule has 0 spiro atoms. The highest BCUT2D eigenvalue weighted by atomic mass is 19.3. The smallest absolute Gasteiger partial charge is 0.387 e. The van der Waals surface area contributed by atoms with Crippen LogP contribution in [-0.2, 0) is 6.54 Å². The molecule has 0 amide bonds. The van der Waals surface area contributed by atoms with E-state index < -0.39 is 6.61 Å². The monoisotopic (exact) mass is 277 g/mol. The highest BCUT2D eigenvalue weighted by Gasteiger charge is 2.11. The number of benzene rings is 2. The Balaban J connectivity index is 2.16. The summed E-state index contributed by atoms with van der Waals surface area (Å²) in [6.07, 6.45) is 0. The van der Waals surface area contributed by atoms with Crippen molar-refractivity contribution in [3.63, 3.8) is 0 Å². The first kappa shape index (κ1) is 14.3. The maximum absolute atomic E-state index is 12.4. The molecule has 0 unspecified atom stereocenters. The molecule has 0 aliphatic rings. The zero-order chi connectivity index (χ0) is 14.5. The topological polar surface area (TPSA) is 21.3 Å². The molecule has 0 heterocycles. The van der Waals surface area contributed by atoms with E-state index in [2.05, 4.69) is 16.1 Å². The molecule has 2 rings (SSSR count). The molecule has 0 aliphatic heterocycles. The molecule has 0 bridgehead atoms. The lowest BCUT2D eigenvalue weighted by atomic mass is 10.1. The fraction of sp³-hybridized carbons (Fsp3) is 0.250. The Morgan fingerprint density at radius 1 is 1.10 bits per heavy atom. The van der Waals surface area contributed by atoms with E-state index in [4.69, 9.17) is 0 Å². The second-order valence-corrected chi connectivity index (χ2v) is 4.67. The molecule has 4 heteroatoms. The standard InChI is InChI=1S/C16H17F2NO/c1-11-5-3-7-13(9-11)10-19-15-12(2)6-4-8-14(15)20-16(17)18/h3-9,16,19H,10H2,1-2H3. The number of anilines is 1. The van der Waals surface area contributed by atoms with Crippen LogP contribution in [-0.4, -0.2) is 6.61 Å². The van der Waals surface area contributed by atoms with E-state index in [0.717, 1.165) is 16.7 Å². The highest BCUT2D eigenvalue weighted by molar-refractivity contribution is 5.61. The zero-order valence-corrected chi connectivity index (χ0v) is 11.5. The van der Waals surface area contributed by atoms with Crippen LogP contribution in [0.15, 0.2) is 42.5 Å². The van der Waals surface area contributed by atoms with Gasteiger partial charge in [0.15, 0.2) is 0 Å². The Morgan fingerprint density at radius 2 is 1.85 bits per heavy atom. The molecular formula is C16H17F2NO. The predicted molar refractivity (Wildman–Crippen MR) is 76.3 cm³/mol. The number of aryl methyl sites for hydroxylation is 2. The SMILES string of the molecule is Cc1cccc(CNc2c(C)cccc2OC(F)F)c1. The van der Waals surface area contributed by atoms with Crippen molar-refractivity contribution in [3.8, 4) is 5.75 Å². The normalized spacial score (nSPS) is 10.7. The summed E-state index contributed by atoms with van der Waals surface area (Å²) < 4.78 is 29.3. The van der Waals surface area contributed by atoms with E-state index in [-0.39, 0.29) is 5.75 Å². The summed E-state index contributed by atoms with van der Waals surface area (Å²) in [5.74, 6) is 0.174. The molecular weight excluding hydrogens is 260 g/mol. The van der Waals surface area contributed by atoms with Crippen molar-refractivity contribution >= 4 is 5.69 Å². The Hall–Kier alpha value is -2.10. The summed E-state index contributed by atoms with van der Waals surface area (Å²) in [5, 5.41) is 3.17. The van der Waals surface area contributed by atoms with Crippen molar-refractivity contribution in [3.05, 3.63) is 59.2 Å². The molecule has 2 aromatic rings. The van der Waals surface area contributed by atoms with Gasteiger partial charge in [-0.05, 0) is 31.0 Å². The van der Waals surface area contributed by atoms with Gasteiger partial charge in [-0.1, -0.05) is 42.0 Å². The number of halogens is 2. The molecule has 106 valence electrons. The van der Waals surface area contributed by atoms with Crippen molar-refractivity contribution in [1.29, 1.82) is 0 Å². The van der Waals surface area contributed by atoms with Gasteiger partial charge in [0, 0.05) is 6.54 Å². The minimum Gasteiger partial charge on any atom is -0.433 e. The Labute approximate surface area is 117 Å². The van der Waals surface area contributed by atoms with Gasteiger partial charge in [-0.25, -0.2) is 0 Å². The lowest BCUT2D eigenvalue weighted by Crippen LogP contribution is -2.07. The third kappa shape index (κ3) is 3.70. The van der Waals surface area contributed by atoms with Crippen molar-refractivity contribution in [2.45, 2.75) is 27.0 Å². The van der Waals surface area contributed by atoms with Crippen molar-refractivity contribution in [1.82, 2.24) is 0 Å². The Morgan fingerprint density at radius 3 is 2.55 bits per heavy atom. The second kappa shape index (κ2) is 6.37. The van der Waals surface area contributed by atoms with Gasteiger partial charge in [0.1, 0.15) is 5.75 Å². The molecule has 2 aromatic carbocycles. The average molecular weight is 277 g/mol.